The lowest BCUT2D eigenvalue weighted by Crippen LogP contribution is -2.41. The van der Waals surface area contributed by atoms with E-state index in [4.69, 9.17) is 0 Å². The lowest BCUT2D eigenvalue weighted by Gasteiger charge is -2.35. The van der Waals surface area contributed by atoms with Gasteiger partial charge in [-0.1, -0.05) is 19.3 Å². The minimum atomic E-state index is -0.0287. The van der Waals surface area contributed by atoms with Crippen molar-refractivity contribution in [3.05, 3.63) is 28.5 Å². The zero-order valence-corrected chi connectivity index (χ0v) is 13.5. The van der Waals surface area contributed by atoms with Gasteiger partial charge in [0.25, 0.3) is 5.91 Å². The van der Waals surface area contributed by atoms with E-state index in [1.165, 1.54) is 32.1 Å². The summed E-state index contributed by atoms with van der Waals surface area (Å²) in [6, 6.07) is 3.58. The summed E-state index contributed by atoms with van der Waals surface area (Å²) in [6.07, 6.45) is 10.0. The lowest BCUT2D eigenvalue weighted by atomic mass is 9.88. The van der Waals surface area contributed by atoms with Crippen molar-refractivity contribution in [3.8, 4) is 0 Å². The summed E-state index contributed by atoms with van der Waals surface area (Å²) in [6.45, 7) is 0.753. The number of thioether (sulfide) groups is 1. The summed E-state index contributed by atoms with van der Waals surface area (Å²) in [5, 5.41) is 3.06. The maximum absolute atomic E-state index is 12.1. The first-order valence-corrected chi connectivity index (χ1v) is 8.62. The van der Waals surface area contributed by atoms with Crippen LogP contribution in [0.2, 0.25) is 0 Å². The van der Waals surface area contributed by atoms with Crippen LogP contribution in [0.25, 0.3) is 0 Å². The molecule has 0 aromatic carbocycles. The molecule has 1 heterocycles. The van der Waals surface area contributed by atoms with Gasteiger partial charge in [-0.25, -0.2) is 4.98 Å². The predicted molar refractivity (Wildman–Crippen MR) is 83.6 cm³/mol. The summed E-state index contributed by atoms with van der Waals surface area (Å²) in [4.78, 5) is 16.2. The zero-order valence-electron chi connectivity index (χ0n) is 11.1. The number of carbonyl (C=O) groups excluding carboxylic acids is 1. The van der Waals surface area contributed by atoms with E-state index in [-0.39, 0.29) is 10.7 Å². The van der Waals surface area contributed by atoms with Gasteiger partial charge in [0.1, 0.15) is 4.60 Å². The van der Waals surface area contributed by atoms with Gasteiger partial charge in [0, 0.05) is 17.5 Å². The van der Waals surface area contributed by atoms with E-state index in [2.05, 4.69) is 32.5 Å². The second-order valence-electron chi connectivity index (χ2n) is 5.00. The van der Waals surface area contributed by atoms with Crippen LogP contribution >= 0.6 is 27.7 Å². The van der Waals surface area contributed by atoms with Crippen LogP contribution in [-0.2, 0) is 0 Å². The first kappa shape index (κ1) is 14.9. The number of hydrogen-bond acceptors (Lipinski definition) is 3. The fourth-order valence-corrected chi connectivity index (χ4v) is 3.65. The van der Waals surface area contributed by atoms with E-state index < -0.39 is 0 Å². The third-order valence-corrected chi connectivity index (χ3v) is 5.65. The van der Waals surface area contributed by atoms with E-state index in [0.717, 1.165) is 11.1 Å². The van der Waals surface area contributed by atoms with Crippen molar-refractivity contribution >= 4 is 33.6 Å². The second kappa shape index (κ2) is 6.75. The smallest absolute Gasteiger partial charge is 0.252 e. The first-order chi connectivity index (χ1) is 9.15. The number of amides is 1. The molecule has 1 aromatic rings. The van der Waals surface area contributed by atoms with Gasteiger partial charge < -0.3 is 5.32 Å². The Labute approximate surface area is 127 Å². The molecule has 0 saturated heterocycles. The topological polar surface area (TPSA) is 42.0 Å². The monoisotopic (exact) mass is 342 g/mol. The molecule has 1 N–H and O–H groups in total. The maximum Gasteiger partial charge on any atom is 0.252 e. The van der Waals surface area contributed by atoms with Gasteiger partial charge >= 0.3 is 0 Å². The molecule has 1 saturated carbocycles. The maximum atomic E-state index is 12.1. The van der Waals surface area contributed by atoms with E-state index in [1.54, 1.807) is 18.3 Å². The Morgan fingerprint density at radius 3 is 2.74 bits per heavy atom. The summed E-state index contributed by atoms with van der Waals surface area (Å²) in [5.41, 5.74) is 0.621. The number of nitrogens with zero attached hydrogens (tertiary/aromatic N) is 1. The second-order valence-corrected chi connectivity index (χ2v) is 7.09. The van der Waals surface area contributed by atoms with Crippen molar-refractivity contribution in [2.45, 2.75) is 36.9 Å². The van der Waals surface area contributed by atoms with E-state index >= 15 is 0 Å². The molecule has 0 radical (unpaired) electrons. The third kappa shape index (κ3) is 3.96. The van der Waals surface area contributed by atoms with Crippen LogP contribution in [0.5, 0.6) is 0 Å². The zero-order chi connectivity index (χ0) is 13.7. The Morgan fingerprint density at radius 1 is 1.42 bits per heavy atom. The molecule has 1 aromatic heterocycles. The average molecular weight is 343 g/mol. The highest BCUT2D eigenvalue weighted by molar-refractivity contribution is 9.10. The Bertz CT molecular complexity index is 430. The van der Waals surface area contributed by atoms with Gasteiger partial charge in [-0.2, -0.15) is 11.8 Å². The lowest BCUT2D eigenvalue weighted by molar-refractivity contribution is 0.0946. The standard InChI is InChI=1S/C14H19BrN2OS/c1-19-14(7-3-2-4-8-14)10-17-13(18)11-5-6-12(15)16-9-11/h5-6,9H,2-4,7-8,10H2,1H3,(H,17,18). The molecule has 19 heavy (non-hydrogen) atoms. The molecule has 1 aliphatic carbocycles. The SMILES string of the molecule is CSC1(CNC(=O)c2ccc(Br)nc2)CCCCC1. The van der Waals surface area contributed by atoms with E-state index in [1.807, 2.05) is 11.8 Å². The molecule has 1 amide bonds. The third-order valence-electron chi connectivity index (χ3n) is 3.76. The quantitative estimate of drug-likeness (QED) is 0.849. The fourth-order valence-electron chi connectivity index (χ4n) is 2.50. The highest BCUT2D eigenvalue weighted by atomic mass is 79.9. The highest BCUT2D eigenvalue weighted by Gasteiger charge is 2.31. The van der Waals surface area contributed by atoms with Crippen molar-refractivity contribution in [2.75, 3.05) is 12.8 Å². The summed E-state index contributed by atoms with van der Waals surface area (Å²) < 4.78 is 0.980. The molecule has 104 valence electrons. The Balaban J connectivity index is 1.93. The molecule has 5 heteroatoms. The largest absolute Gasteiger partial charge is 0.351 e. The van der Waals surface area contributed by atoms with Crippen molar-refractivity contribution in [2.24, 2.45) is 0 Å². The van der Waals surface area contributed by atoms with Gasteiger partial charge in [0.05, 0.1) is 5.56 Å². The van der Waals surface area contributed by atoms with Crippen molar-refractivity contribution in [3.63, 3.8) is 0 Å². The van der Waals surface area contributed by atoms with Crippen LogP contribution in [0, 0.1) is 0 Å². The summed E-state index contributed by atoms with van der Waals surface area (Å²) in [5.74, 6) is -0.0287. The Morgan fingerprint density at radius 2 is 2.16 bits per heavy atom. The molecular weight excluding hydrogens is 324 g/mol. The Kier molecular flexibility index (Phi) is 5.28. The number of halogens is 1. The molecular formula is C14H19BrN2OS. The van der Waals surface area contributed by atoms with Crippen LogP contribution < -0.4 is 5.32 Å². The van der Waals surface area contributed by atoms with Crippen LogP contribution in [0.3, 0.4) is 0 Å². The van der Waals surface area contributed by atoms with Gasteiger partial charge in [0.15, 0.2) is 0 Å². The molecule has 2 rings (SSSR count). The number of aromatic nitrogens is 1. The van der Waals surface area contributed by atoms with Gasteiger partial charge in [-0.15, -0.1) is 0 Å². The van der Waals surface area contributed by atoms with Crippen molar-refractivity contribution in [1.82, 2.24) is 10.3 Å². The molecule has 0 aliphatic heterocycles. The average Bonchev–Trinajstić information content (AvgIpc) is 2.46. The minimum Gasteiger partial charge on any atom is -0.351 e. The van der Waals surface area contributed by atoms with Crippen molar-refractivity contribution in [1.29, 1.82) is 0 Å². The van der Waals surface area contributed by atoms with Gasteiger partial charge in [-0.05, 0) is 47.2 Å². The van der Waals surface area contributed by atoms with E-state index in [9.17, 15) is 4.79 Å². The number of hydrogen-bond donors (Lipinski definition) is 1. The molecule has 3 nitrogen and oxygen atoms in total. The number of nitrogens with one attached hydrogen (secondary N) is 1. The van der Waals surface area contributed by atoms with Gasteiger partial charge in [0.2, 0.25) is 0 Å². The van der Waals surface area contributed by atoms with Crippen LogP contribution in [0.15, 0.2) is 22.9 Å². The molecule has 1 fully saturated rings. The number of carbonyl (C=O) groups is 1. The molecule has 0 atom stereocenters. The number of rotatable bonds is 4. The van der Waals surface area contributed by atoms with Crippen LogP contribution in [0.4, 0.5) is 0 Å². The molecule has 1 aliphatic rings. The van der Waals surface area contributed by atoms with Crippen LogP contribution in [-0.4, -0.2) is 28.4 Å². The fraction of sp³-hybridized carbons (Fsp3) is 0.571. The molecule has 0 spiro atoms. The molecule has 0 unspecified atom stereocenters. The van der Waals surface area contributed by atoms with Gasteiger partial charge in [-0.3, -0.25) is 4.79 Å². The highest BCUT2D eigenvalue weighted by Crippen LogP contribution is 2.37. The minimum absolute atomic E-state index is 0.0287. The summed E-state index contributed by atoms with van der Waals surface area (Å²) >= 11 is 5.16. The number of pyridine rings is 1. The summed E-state index contributed by atoms with van der Waals surface area (Å²) in [7, 11) is 0. The van der Waals surface area contributed by atoms with E-state index in [0.29, 0.717) is 5.56 Å². The van der Waals surface area contributed by atoms with Crippen molar-refractivity contribution < 1.29 is 4.79 Å². The van der Waals surface area contributed by atoms with Crippen LogP contribution in [0.1, 0.15) is 42.5 Å². The predicted octanol–water partition coefficient (Wildman–Crippen LogP) is 3.64. The molecule has 0 bridgehead atoms. The normalized spacial score (nSPS) is 18.0. The Hall–Kier alpha value is -0.550. The first-order valence-electron chi connectivity index (χ1n) is 6.60.